The van der Waals surface area contributed by atoms with Crippen LogP contribution in [-0.4, -0.2) is 15.1 Å². The van der Waals surface area contributed by atoms with E-state index in [0.29, 0.717) is 11.5 Å². The molecule has 0 saturated heterocycles. The lowest BCUT2D eigenvalue weighted by Gasteiger charge is -1.91. The Hall–Kier alpha value is -2.36. The molecule has 0 amide bonds. The Bertz CT molecular complexity index is 569. The van der Waals surface area contributed by atoms with Crippen LogP contribution in [0.2, 0.25) is 0 Å². The third-order valence-corrected chi connectivity index (χ3v) is 2.31. The van der Waals surface area contributed by atoms with E-state index in [9.17, 15) is 0 Å². The zero-order chi connectivity index (χ0) is 10.8. The first-order valence-corrected chi connectivity index (χ1v) is 4.95. The molecule has 0 bridgehead atoms. The minimum absolute atomic E-state index is 0.712. The molecule has 1 aromatic carbocycles. The Morgan fingerprint density at radius 2 is 2.00 bits per heavy atom. The maximum Gasteiger partial charge on any atom is 0.167 e. The van der Waals surface area contributed by atoms with Crippen molar-refractivity contribution in [2.75, 3.05) is 0 Å². The van der Waals surface area contributed by atoms with E-state index < -0.39 is 0 Å². The number of nitrogens with zero attached hydrogens (tertiary/aromatic N) is 2. The number of aromatic amines is 1. The minimum atomic E-state index is 0.712. The second kappa shape index (κ2) is 3.66. The van der Waals surface area contributed by atoms with Gasteiger partial charge < -0.3 is 9.51 Å². The second-order valence-corrected chi connectivity index (χ2v) is 3.38. The molecule has 0 fully saturated rings. The van der Waals surface area contributed by atoms with Gasteiger partial charge in [-0.15, -0.1) is 0 Å². The molecule has 0 unspecified atom stereocenters. The van der Waals surface area contributed by atoms with Gasteiger partial charge in [0.15, 0.2) is 11.6 Å². The van der Waals surface area contributed by atoms with Crippen LogP contribution in [0.3, 0.4) is 0 Å². The van der Waals surface area contributed by atoms with Gasteiger partial charge >= 0.3 is 0 Å². The summed E-state index contributed by atoms with van der Waals surface area (Å²) in [6.45, 7) is 0. The van der Waals surface area contributed by atoms with Crippen molar-refractivity contribution in [1.82, 2.24) is 15.1 Å². The number of hydrogen-bond acceptors (Lipinski definition) is 3. The van der Waals surface area contributed by atoms with Crippen LogP contribution in [0, 0.1) is 0 Å². The maximum atomic E-state index is 5.26. The molecule has 4 heteroatoms. The number of aromatic nitrogens is 3. The zero-order valence-electron chi connectivity index (χ0n) is 8.42. The number of nitrogens with one attached hydrogen (secondary N) is 1. The van der Waals surface area contributed by atoms with E-state index in [0.717, 1.165) is 11.3 Å². The smallest absolute Gasteiger partial charge is 0.167 e. The number of hydrogen-bond donors (Lipinski definition) is 1. The minimum Gasteiger partial charge on any atom is -0.356 e. The third-order valence-electron chi connectivity index (χ3n) is 2.31. The van der Waals surface area contributed by atoms with Gasteiger partial charge in [0, 0.05) is 24.0 Å². The summed E-state index contributed by atoms with van der Waals surface area (Å²) < 4.78 is 5.26. The summed E-state index contributed by atoms with van der Waals surface area (Å²) >= 11 is 0. The molecule has 3 rings (SSSR count). The molecule has 1 N–H and O–H groups in total. The van der Waals surface area contributed by atoms with Gasteiger partial charge in [-0.1, -0.05) is 35.5 Å². The predicted octanol–water partition coefficient (Wildman–Crippen LogP) is 2.73. The van der Waals surface area contributed by atoms with Crippen molar-refractivity contribution in [2.45, 2.75) is 0 Å². The molecule has 16 heavy (non-hydrogen) atoms. The summed E-state index contributed by atoms with van der Waals surface area (Å²) in [5.74, 6) is 1.46. The average molecular weight is 211 g/mol. The summed E-state index contributed by atoms with van der Waals surface area (Å²) in [5, 5.41) is 3.97. The van der Waals surface area contributed by atoms with E-state index in [2.05, 4.69) is 15.1 Å². The van der Waals surface area contributed by atoms with Gasteiger partial charge in [0.2, 0.25) is 0 Å². The van der Waals surface area contributed by atoms with Gasteiger partial charge in [-0.05, 0) is 0 Å². The molecular weight excluding hydrogens is 202 g/mol. The van der Waals surface area contributed by atoms with E-state index in [-0.39, 0.29) is 0 Å². The first-order valence-electron chi connectivity index (χ1n) is 4.95. The summed E-state index contributed by atoms with van der Waals surface area (Å²) in [6.07, 6.45) is 3.44. The van der Waals surface area contributed by atoms with Crippen LogP contribution in [0.4, 0.5) is 0 Å². The fourth-order valence-electron chi connectivity index (χ4n) is 1.53. The lowest BCUT2D eigenvalue weighted by atomic mass is 10.1. The van der Waals surface area contributed by atoms with E-state index in [1.165, 1.54) is 0 Å². The van der Waals surface area contributed by atoms with Crippen LogP contribution in [0.25, 0.3) is 22.8 Å². The first-order chi connectivity index (χ1) is 7.93. The molecule has 78 valence electrons. The van der Waals surface area contributed by atoms with Gasteiger partial charge in [-0.25, -0.2) is 4.98 Å². The van der Waals surface area contributed by atoms with Crippen LogP contribution >= 0.6 is 0 Å². The summed E-state index contributed by atoms with van der Waals surface area (Å²) in [4.78, 5) is 7.10. The molecule has 0 atom stereocenters. The van der Waals surface area contributed by atoms with Crippen molar-refractivity contribution in [3.8, 4) is 22.8 Å². The molecule has 0 radical (unpaired) electrons. The molecule has 0 spiro atoms. The molecule has 4 nitrogen and oxygen atoms in total. The average Bonchev–Trinajstić information content (AvgIpc) is 3.01. The van der Waals surface area contributed by atoms with Crippen molar-refractivity contribution in [1.29, 1.82) is 0 Å². The van der Waals surface area contributed by atoms with Crippen molar-refractivity contribution in [3.63, 3.8) is 0 Å². The highest BCUT2D eigenvalue weighted by atomic mass is 16.5. The van der Waals surface area contributed by atoms with Gasteiger partial charge in [-0.2, -0.15) is 0 Å². The number of H-pyrrole nitrogens is 1. The number of imidazole rings is 1. The molecule has 0 saturated carbocycles. The SMILES string of the molecule is c1ccc(-c2cc(-c3ncc[nH]3)no2)cc1. The number of benzene rings is 1. The zero-order valence-corrected chi connectivity index (χ0v) is 8.42. The highest BCUT2D eigenvalue weighted by Gasteiger charge is 2.09. The van der Waals surface area contributed by atoms with Gasteiger partial charge in [0.05, 0.1) is 0 Å². The molecular formula is C12H9N3O. The lowest BCUT2D eigenvalue weighted by molar-refractivity contribution is 0.434. The van der Waals surface area contributed by atoms with Gasteiger partial charge in [0.1, 0.15) is 5.69 Å². The van der Waals surface area contributed by atoms with E-state index >= 15 is 0 Å². The fraction of sp³-hybridized carbons (Fsp3) is 0. The Labute approximate surface area is 91.9 Å². The molecule has 0 aliphatic carbocycles. The van der Waals surface area contributed by atoms with Crippen molar-refractivity contribution < 1.29 is 4.52 Å². The largest absolute Gasteiger partial charge is 0.356 e. The topological polar surface area (TPSA) is 54.7 Å². The Kier molecular flexibility index (Phi) is 2.04. The van der Waals surface area contributed by atoms with E-state index in [1.54, 1.807) is 12.4 Å². The Morgan fingerprint density at radius 1 is 1.12 bits per heavy atom. The van der Waals surface area contributed by atoms with Crippen LogP contribution in [-0.2, 0) is 0 Å². The second-order valence-electron chi connectivity index (χ2n) is 3.38. The summed E-state index contributed by atoms with van der Waals surface area (Å²) in [6, 6.07) is 11.7. The molecule has 3 aromatic rings. The molecule has 2 aromatic heterocycles. The van der Waals surface area contributed by atoms with Gasteiger partial charge in [-0.3, -0.25) is 0 Å². The molecule has 2 heterocycles. The van der Waals surface area contributed by atoms with Crippen molar-refractivity contribution in [2.24, 2.45) is 0 Å². The summed E-state index contributed by atoms with van der Waals surface area (Å²) in [5.41, 5.74) is 1.72. The standard InChI is InChI=1S/C12H9N3O/c1-2-4-9(5-3-1)11-8-10(15-16-11)12-13-6-7-14-12/h1-8H,(H,13,14). The normalized spacial score (nSPS) is 10.5. The van der Waals surface area contributed by atoms with Crippen LogP contribution < -0.4 is 0 Å². The fourth-order valence-corrected chi connectivity index (χ4v) is 1.53. The predicted molar refractivity (Wildman–Crippen MR) is 59.5 cm³/mol. The van der Waals surface area contributed by atoms with Crippen LogP contribution in [0.1, 0.15) is 0 Å². The van der Waals surface area contributed by atoms with Crippen molar-refractivity contribution >= 4 is 0 Å². The summed E-state index contributed by atoms with van der Waals surface area (Å²) in [7, 11) is 0. The Balaban J connectivity index is 2.00. The molecule has 0 aliphatic rings. The monoisotopic (exact) mass is 211 g/mol. The van der Waals surface area contributed by atoms with E-state index in [1.807, 2.05) is 36.4 Å². The first kappa shape index (κ1) is 8.91. The maximum absolute atomic E-state index is 5.26. The Morgan fingerprint density at radius 3 is 2.75 bits per heavy atom. The third kappa shape index (κ3) is 1.50. The van der Waals surface area contributed by atoms with Gasteiger partial charge in [0.25, 0.3) is 0 Å². The van der Waals surface area contributed by atoms with Crippen LogP contribution in [0.5, 0.6) is 0 Å². The van der Waals surface area contributed by atoms with Crippen LogP contribution in [0.15, 0.2) is 53.3 Å². The van der Waals surface area contributed by atoms with Crippen molar-refractivity contribution in [3.05, 3.63) is 48.8 Å². The highest BCUT2D eigenvalue weighted by Crippen LogP contribution is 2.23. The van der Waals surface area contributed by atoms with E-state index in [4.69, 9.17) is 4.52 Å². The highest BCUT2D eigenvalue weighted by molar-refractivity contribution is 5.62. The quantitative estimate of drug-likeness (QED) is 0.709. The lowest BCUT2D eigenvalue weighted by Crippen LogP contribution is -1.77. The number of rotatable bonds is 2. The molecule has 0 aliphatic heterocycles.